The Balaban J connectivity index is 2.00. The van der Waals surface area contributed by atoms with E-state index in [4.69, 9.17) is 0 Å². The van der Waals surface area contributed by atoms with Crippen molar-refractivity contribution in [1.82, 2.24) is 5.32 Å². The Morgan fingerprint density at radius 2 is 1.57 bits per heavy atom. The number of hydrogen-bond donors (Lipinski definition) is 2. The Bertz CT molecular complexity index is 652. The van der Waals surface area contributed by atoms with Crippen LogP contribution in [0.25, 0.3) is 0 Å². The van der Waals surface area contributed by atoms with Gasteiger partial charge in [-0.25, -0.2) is 8.42 Å². The van der Waals surface area contributed by atoms with Gasteiger partial charge in [-0.1, -0.05) is 49.4 Å². The minimum atomic E-state index is -3.38. The van der Waals surface area contributed by atoms with Crippen LogP contribution < -0.4 is 10.0 Å². The van der Waals surface area contributed by atoms with Crippen molar-refractivity contribution in [2.24, 2.45) is 0 Å². The highest BCUT2D eigenvalue weighted by atomic mass is 32.2. The molecule has 0 saturated carbocycles. The van der Waals surface area contributed by atoms with E-state index in [0.29, 0.717) is 5.69 Å². The Kier molecular flexibility index (Phi) is 5.36. The lowest BCUT2D eigenvalue weighted by Crippen LogP contribution is -2.15. The van der Waals surface area contributed by atoms with E-state index in [9.17, 15) is 8.42 Å². The first-order valence-electron chi connectivity index (χ1n) is 6.93. The van der Waals surface area contributed by atoms with Crippen molar-refractivity contribution in [3.8, 4) is 0 Å². The summed E-state index contributed by atoms with van der Waals surface area (Å²) in [6, 6.07) is 16.6. The van der Waals surface area contributed by atoms with Crippen molar-refractivity contribution in [3.05, 3.63) is 65.7 Å². The molecule has 0 aliphatic carbocycles. The highest BCUT2D eigenvalue weighted by Gasteiger charge is 2.11. The fourth-order valence-electron chi connectivity index (χ4n) is 1.97. The number of sulfonamides is 1. The maximum absolute atomic E-state index is 12.1. The lowest BCUT2D eigenvalue weighted by atomic mass is 10.2. The number of nitrogens with one attached hydrogen (secondary N) is 2. The van der Waals surface area contributed by atoms with Gasteiger partial charge in [-0.3, -0.25) is 4.72 Å². The lowest BCUT2D eigenvalue weighted by molar-refractivity contribution is 0.600. The average Bonchev–Trinajstić information content (AvgIpc) is 2.47. The van der Waals surface area contributed by atoms with E-state index in [1.165, 1.54) is 0 Å². The molecular weight excluding hydrogens is 284 g/mol. The predicted octanol–water partition coefficient (Wildman–Crippen LogP) is 2.74. The summed E-state index contributed by atoms with van der Waals surface area (Å²) < 4.78 is 26.8. The van der Waals surface area contributed by atoms with Gasteiger partial charge in [-0.15, -0.1) is 0 Å². The summed E-state index contributed by atoms with van der Waals surface area (Å²) in [6.07, 6.45) is 0. The molecule has 5 heteroatoms. The van der Waals surface area contributed by atoms with Gasteiger partial charge < -0.3 is 5.32 Å². The monoisotopic (exact) mass is 304 g/mol. The molecule has 0 amide bonds. The van der Waals surface area contributed by atoms with Crippen molar-refractivity contribution < 1.29 is 8.42 Å². The molecule has 0 fully saturated rings. The molecule has 2 aromatic rings. The quantitative estimate of drug-likeness (QED) is 0.827. The maximum atomic E-state index is 12.1. The predicted molar refractivity (Wildman–Crippen MR) is 86.5 cm³/mol. The van der Waals surface area contributed by atoms with Crippen molar-refractivity contribution in [2.75, 3.05) is 11.3 Å². The first-order chi connectivity index (χ1) is 10.1. The molecule has 2 N–H and O–H groups in total. The zero-order chi connectivity index (χ0) is 15.1. The normalized spacial score (nSPS) is 11.3. The first-order valence-corrected chi connectivity index (χ1v) is 8.58. The maximum Gasteiger partial charge on any atom is 0.236 e. The molecule has 0 aliphatic heterocycles. The number of anilines is 1. The molecule has 112 valence electrons. The molecule has 0 unspecified atom stereocenters. The molecule has 21 heavy (non-hydrogen) atoms. The van der Waals surface area contributed by atoms with Crippen molar-refractivity contribution in [2.45, 2.75) is 19.2 Å². The van der Waals surface area contributed by atoms with Crippen LogP contribution in [0, 0.1) is 0 Å². The minimum Gasteiger partial charge on any atom is -0.313 e. The van der Waals surface area contributed by atoms with Gasteiger partial charge in [0.05, 0.1) is 5.75 Å². The third-order valence-corrected chi connectivity index (χ3v) is 4.27. The first kappa shape index (κ1) is 15.5. The van der Waals surface area contributed by atoms with Crippen LogP contribution in [0.3, 0.4) is 0 Å². The Labute approximate surface area is 126 Å². The zero-order valence-electron chi connectivity index (χ0n) is 12.0. The number of rotatable bonds is 7. The van der Waals surface area contributed by atoms with E-state index in [-0.39, 0.29) is 5.75 Å². The molecule has 0 spiro atoms. The van der Waals surface area contributed by atoms with Crippen molar-refractivity contribution in [1.29, 1.82) is 0 Å². The van der Waals surface area contributed by atoms with Crippen LogP contribution >= 0.6 is 0 Å². The second kappa shape index (κ2) is 7.24. The minimum absolute atomic E-state index is 0.0209. The summed E-state index contributed by atoms with van der Waals surface area (Å²) in [5, 5.41) is 3.23. The number of benzene rings is 2. The fourth-order valence-corrected chi connectivity index (χ4v) is 3.17. The number of hydrogen-bond acceptors (Lipinski definition) is 3. The lowest BCUT2D eigenvalue weighted by Gasteiger charge is -2.09. The van der Waals surface area contributed by atoms with E-state index >= 15 is 0 Å². The zero-order valence-corrected chi connectivity index (χ0v) is 12.9. The molecule has 0 aliphatic rings. The molecule has 2 aromatic carbocycles. The Hall–Kier alpha value is -1.85. The van der Waals surface area contributed by atoms with E-state index < -0.39 is 10.0 Å². The molecule has 0 bridgehead atoms. The molecular formula is C16H20N2O2S. The fraction of sp³-hybridized carbons (Fsp3) is 0.250. The molecule has 0 heterocycles. The SMILES string of the molecule is CCNCc1ccc(NS(=O)(=O)Cc2ccccc2)cc1. The van der Waals surface area contributed by atoms with Gasteiger partial charge in [0.25, 0.3) is 0 Å². The van der Waals surface area contributed by atoms with Crippen LogP contribution in [-0.2, 0) is 22.3 Å². The summed E-state index contributed by atoms with van der Waals surface area (Å²) in [7, 11) is -3.38. The van der Waals surface area contributed by atoms with Gasteiger partial charge in [0.15, 0.2) is 0 Å². The van der Waals surface area contributed by atoms with Crippen LogP contribution in [0.1, 0.15) is 18.1 Å². The van der Waals surface area contributed by atoms with Gasteiger partial charge in [0.1, 0.15) is 0 Å². The summed E-state index contributed by atoms with van der Waals surface area (Å²) in [5.74, 6) is -0.0209. The summed E-state index contributed by atoms with van der Waals surface area (Å²) in [5.41, 5.74) is 2.49. The van der Waals surface area contributed by atoms with Gasteiger partial charge in [0, 0.05) is 12.2 Å². The van der Waals surface area contributed by atoms with Crippen molar-refractivity contribution in [3.63, 3.8) is 0 Å². The molecule has 0 radical (unpaired) electrons. The smallest absolute Gasteiger partial charge is 0.236 e. The van der Waals surface area contributed by atoms with Gasteiger partial charge in [-0.05, 0) is 29.8 Å². The second-order valence-electron chi connectivity index (χ2n) is 4.82. The summed E-state index contributed by atoms with van der Waals surface area (Å²) >= 11 is 0. The Morgan fingerprint density at radius 1 is 0.905 bits per heavy atom. The average molecular weight is 304 g/mol. The molecule has 4 nitrogen and oxygen atoms in total. The van der Waals surface area contributed by atoms with Gasteiger partial charge >= 0.3 is 0 Å². The van der Waals surface area contributed by atoms with E-state index in [1.807, 2.05) is 37.3 Å². The van der Waals surface area contributed by atoms with Crippen LogP contribution in [0.2, 0.25) is 0 Å². The standard InChI is InChI=1S/C16H20N2O2S/c1-2-17-12-14-8-10-16(11-9-14)18-21(19,20)13-15-6-4-3-5-7-15/h3-11,17-18H,2,12-13H2,1H3. The van der Waals surface area contributed by atoms with Crippen LogP contribution in [0.4, 0.5) is 5.69 Å². The van der Waals surface area contributed by atoms with Gasteiger partial charge in [-0.2, -0.15) is 0 Å². The van der Waals surface area contributed by atoms with Crippen LogP contribution in [0.15, 0.2) is 54.6 Å². The Morgan fingerprint density at radius 3 is 2.19 bits per heavy atom. The summed E-state index contributed by atoms with van der Waals surface area (Å²) in [6.45, 7) is 3.74. The second-order valence-corrected chi connectivity index (χ2v) is 6.55. The third kappa shape index (κ3) is 5.21. The summed E-state index contributed by atoms with van der Waals surface area (Å²) in [4.78, 5) is 0. The molecule has 0 saturated heterocycles. The highest BCUT2D eigenvalue weighted by molar-refractivity contribution is 7.91. The molecule has 2 rings (SSSR count). The van der Waals surface area contributed by atoms with E-state index in [2.05, 4.69) is 10.0 Å². The largest absolute Gasteiger partial charge is 0.313 e. The highest BCUT2D eigenvalue weighted by Crippen LogP contribution is 2.14. The van der Waals surface area contributed by atoms with E-state index in [1.54, 1.807) is 24.3 Å². The van der Waals surface area contributed by atoms with Crippen LogP contribution in [-0.4, -0.2) is 15.0 Å². The van der Waals surface area contributed by atoms with E-state index in [0.717, 1.165) is 24.2 Å². The molecule has 0 atom stereocenters. The van der Waals surface area contributed by atoms with Crippen molar-refractivity contribution >= 4 is 15.7 Å². The van der Waals surface area contributed by atoms with Gasteiger partial charge in [0.2, 0.25) is 10.0 Å². The van der Waals surface area contributed by atoms with Crippen LogP contribution in [0.5, 0.6) is 0 Å². The third-order valence-electron chi connectivity index (χ3n) is 3.01. The topological polar surface area (TPSA) is 58.2 Å². The molecule has 0 aromatic heterocycles.